The summed E-state index contributed by atoms with van der Waals surface area (Å²) in [6.07, 6.45) is 3.54. The molecule has 128 valence electrons. The van der Waals surface area contributed by atoms with E-state index in [0.29, 0.717) is 28.5 Å². The first kappa shape index (κ1) is 15.8. The Morgan fingerprint density at radius 2 is 1.92 bits per heavy atom. The minimum atomic E-state index is -0.481. The highest BCUT2D eigenvalue weighted by molar-refractivity contribution is 5.93. The number of fused-ring (bicyclic) bond motifs is 1. The molecule has 7 nitrogen and oxygen atoms in total. The zero-order chi connectivity index (χ0) is 18.1. The van der Waals surface area contributed by atoms with Gasteiger partial charge in [0.25, 0.3) is 0 Å². The molecule has 0 saturated carbocycles. The Kier molecular flexibility index (Phi) is 3.81. The lowest BCUT2D eigenvalue weighted by Crippen LogP contribution is -2.10. The van der Waals surface area contributed by atoms with Gasteiger partial charge in [-0.3, -0.25) is 9.20 Å². The van der Waals surface area contributed by atoms with E-state index in [0.717, 1.165) is 11.2 Å². The molecule has 7 heteroatoms. The van der Waals surface area contributed by atoms with E-state index >= 15 is 0 Å². The van der Waals surface area contributed by atoms with Gasteiger partial charge in [0, 0.05) is 11.8 Å². The summed E-state index contributed by atoms with van der Waals surface area (Å²) in [6, 6.07) is 14.1. The third-order valence-corrected chi connectivity index (χ3v) is 3.91. The van der Waals surface area contributed by atoms with E-state index in [1.807, 2.05) is 35.7 Å². The molecule has 26 heavy (non-hydrogen) atoms. The normalized spacial score (nSPS) is 11.4. The zero-order valence-corrected chi connectivity index (χ0v) is 14.0. The van der Waals surface area contributed by atoms with Crippen LogP contribution in [0.2, 0.25) is 0 Å². The van der Waals surface area contributed by atoms with Crippen LogP contribution >= 0.6 is 0 Å². The first-order valence-electron chi connectivity index (χ1n) is 7.96. The monoisotopic (exact) mass is 345 g/mol. The van der Waals surface area contributed by atoms with Crippen molar-refractivity contribution in [1.29, 1.82) is 0 Å². The second kappa shape index (κ2) is 6.29. The summed E-state index contributed by atoms with van der Waals surface area (Å²) in [5, 5.41) is 8.66. The highest BCUT2D eigenvalue weighted by atomic mass is 16.3. The van der Waals surface area contributed by atoms with E-state index in [1.165, 1.54) is 0 Å². The maximum atomic E-state index is 11.2. The number of hydrogen-bond donors (Lipinski definition) is 1. The molecular formula is C19H15N5O2. The highest BCUT2D eigenvalue weighted by Crippen LogP contribution is 2.32. The zero-order valence-electron chi connectivity index (χ0n) is 14.0. The van der Waals surface area contributed by atoms with Crippen LogP contribution in [0, 0.1) is 6.92 Å². The topological polar surface area (TPSA) is 98.2 Å². The molecule has 2 N–H and O–H groups in total. The predicted octanol–water partition coefficient (Wildman–Crippen LogP) is 4.42. The standard InChI is InChI=1S/C19H15N5O2/c1-12-4-9-16-21-17(15-3-2-10-26-15)19(24(16)11-12)23-22-14-7-5-13(6-8-14)18(20)25/h2-11H,1H3,(H2,20,25). The molecule has 0 saturated heterocycles. The molecule has 0 bridgehead atoms. The molecule has 0 aliphatic rings. The molecule has 1 amide bonds. The summed E-state index contributed by atoms with van der Waals surface area (Å²) in [6.45, 7) is 2.00. The van der Waals surface area contributed by atoms with Crippen LogP contribution in [-0.2, 0) is 0 Å². The Hall–Kier alpha value is -3.74. The van der Waals surface area contributed by atoms with Crippen molar-refractivity contribution in [1.82, 2.24) is 9.38 Å². The summed E-state index contributed by atoms with van der Waals surface area (Å²) >= 11 is 0. The SMILES string of the molecule is Cc1ccc2nc(-c3ccco3)c(N=Nc3ccc(C(N)=O)cc3)n2c1. The lowest BCUT2D eigenvalue weighted by Gasteiger charge is -1.99. The minimum Gasteiger partial charge on any atom is -0.463 e. The van der Waals surface area contributed by atoms with Gasteiger partial charge in [-0.1, -0.05) is 6.07 Å². The number of pyridine rings is 1. The number of hydrogen-bond acceptors (Lipinski definition) is 5. The third kappa shape index (κ3) is 2.86. The number of aromatic nitrogens is 2. The van der Waals surface area contributed by atoms with Gasteiger partial charge in [0.2, 0.25) is 5.91 Å². The van der Waals surface area contributed by atoms with E-state index < -0.39 is 5.91 Å². The van der Waals surface area contributed by atoms with E-state index in [9.17, 15) is 4.79 Å². The molecule has 0 radical (unpaired) electrons. The van der Waals surface area contributed by atoms with Crippen LogP contribution in [0.4, 0.5) is 11.5 Å². The predicted molar refractivity (Wildman–Crippen MR) is 96.8 cm³/mol. The number of carbonyl (C=O) groups is 1. The van der Waals surface area contributed by atoms with Crippen molar-refractivity contribution in [2.45, 2.75) is 6.92 Å². The molecule has 0 aliphatic heterocycles. The van der Waals surface area contributed by atoms with Gasteiger partial charge < -0.3 is 10.2 Å². The number of aryl methyl sites for hydroxylation is 1. The number of amides is 1. The average Bonchev–Trinajstić information content (AvgIpc) is 3.27. The van der Waals surface area contributed by atoms with Gasteiger partial charge in [-0.2, -0.15) is 0 Å². The molecule has 0 atom stereocenters. The van der Waals surface area contributed by atoms with Crippen LogP contribution in [0.15, 0.2) is 75.6 Å². The quantitative estimate of drug-likeness (QED) is 0.554. The van der Waals surface area contributed by atoms with Crippen molar-refractivity contribution in [3.05, 3.63) is 72.1 Å². The number of imidazole rings is 1. The van der Waals surface area contributed by atoms with Gasteiger partial charge in [0.05, 0.1) is 12.0 Å². The first-order valence-corrected chi connectivity index (χ1v) is 7.96. The molecule has 0 spiro atoms. The van der Waals surface area contributed by atoms with Crippen LogP contribution < -0.4 is 5.73 Å². The summed E-state index contributed by atoms with van der Waals surface area (Å²) in [7, 11) is 0. The van der Waals surface area contributed by atoms with Gasteiger partial charge in [-0.05, 0) is 55.0 Å². The maximum absolute atomic E-state index is 11.2. The van der Waals surface area contributed by atoms with Crippen LogP contribution in [0.1, 0.15) is 15.9 Å². The first-order chi connectivity index (χ1) is 12.6. The number of nitrogens with two attached hydrogens (primary N) is 1. The fraction of sp³-hybridized carbons (Fsp3) is 0.0526. The summed E-state index contributed by atoms with van der Waals surface area (Å²) in [4.78, 5) is 15.8. The molecule has 0 unspecified atom stereocenters. The van der Waals surface area contributed by atoms with Gasteiger partial charge >= 0.3 is 0 Å². The Bertz CT molecular complexity index is 1110. The van der Waals surface area contributed by atoms with Crippen molar-refractivity contribution in [3.8, 4) is 11.5 Å². The Balaban J connectivity index is 1.80. The van der Waals surface area contributed by atoms with Crippen molar-refractivity contribution in [2.75, 3.05) is 0 Å². The molecular weight excluding hydrogens is 330 g/mol. The van der Waals surface area contributed by atoms with Crippen LogP contribution in [0.3, 0.4) is 0 Å². The second-order valence-electron chi connectivity index (χ2n) is 5.81. The maximum Gasteiger partial charge on any atom is 0.248 e. The number of nitrogens with zero attached hydrogens (tertiary/aromatic N) is 4. The largest absolute Gasteiger partial charge is 0.463 e. The molecule has 4 aromatic rings. The summed E-state index contributed by atoms with van der Waals surface area (Å²) in [5.74, 6) is 0.702. The van der Waals surface area contributed by atoms with Crippen molar-refractivity contribution in [2.24, 2.45) is 16.0 Å². The van der Waals surface area contributed by atoms with Crippen molar-refractivity contribution in [3.63, 3.8) is 0 Å². The number of furan rings is 1. The van der Waals surface area contributed by atoms with Crippen LogP contribution in [-0.4, -0.2) is 15.3 Å². The summed E-state index contributed by atoms with van der Waals surface area (Å²) in [5.41, 5.74) is 8.70. The van der Waals surface area contributed by atoms with Crippen molar-refractivity contribution < 1.29 is 9.21 Å². The molecule has 3 aromatic heterocycles. The van der Waals surface area contributed by atoms with Gasteiger partial charge in [-0.15, -0.1) is 10.2 Å². The molecule has 4 rings (SSSR count). The Morgan fingerprint density at radius 1 is 1.12 bits per heavy atom. The van der Waals surface area contributed by atoms with Crippen LogP contribution in [0.25, 0.3) is 17.1 Å². The van der Waals surface area contributed by atoms with Crippen molar-refractivity contribution >= 4 is 23.1 Å². The fourth-order valence-corrected chi connectivity index (χ4v) is 2.61. The molecule has 0 fully saturated rings. The number of azo groups is 1. The number of rotatable bonds is 4. The minimum absolute atomic E-state index is 0.422. The van der Waals surface area contributed by atoms with E-state index in [2.05, 4.69) is 15.2 Å². The fourth-order valence-electron chi connectivity index (χ4n) is 2.61. The Labute approximate surface area is 148 Å². The second-order valence-corrected chi connectivity index (χ2v) is 5.81. The lowest BCUT2D eigenvalue weighted by molar-refractivity contribution is 0.100. The molecule has 3 heterocycles. The number of primary amides is 1. The molecule has 1 aromatic carbocycles. The van der Waals surface area contributed by atoms with E-state index in [-0.39, 0.29) is 0 Å². The molecule has 0 aliphatic carbocycles. The lowest BCUT2D eigenvalue weighted by atomic mass is 10.2. The number of benzene rings is 1. The highest BCUT2D eigenvalue weighted by Gasteiger charge is 2.16. The third-order valence-electron chi connectivity index (χ3n) is 3.91. The van der Waals surface area contributed by atoms with Crippen LogP contribution in [0.5, 0.6) is 0 Å². The van der Waals surface area contributed by atoms with E-state index in [1.54, 1.807) is 36.6 Å². The van der Waals surface area contributed by atoms with Gasteiger partial charge in [0.1, 0.15) is 5.65 Å². The Morgan fingerprint density at radius 3 is 2.62 bits per heavy atom. The van der Waals surface area contributed by atoms with Gasteiger partial charge in [-0.25, -0.2) is 4.98 Å². The van der Waals surface area contributed by atoms with Gasteiger partial charge in [0.15, 0.2) is 17.3 Å². The number of carbonyl (C=O) groups excluding carboxylic acids is 1. The average molecular weight is 345 g/mol. The smallest absolute Gasteiger partial charge is 0.248 e. The summed E-state index contributed by atoms with van der Waals surface area (Å²) < 4.78 is 7.35. The van der Waals surface area contributed by atoms with E-state index in [4.69, 9.17) is 10.2 Å².